The van der Waals surface area contributed by atoms with Crippen molar-refractivity contribution in [2.45, 2.75) is 50.6 Å². The van der Waals surface area contributed by atoms with Crippen molar-refractivity contribution in [1.82, 2.24) is 9.80 Å². The molecule has 5 aromatic rings. The van der Waals surface area contributed by atoms with Crippen LogP contribution in [-0.4, -0.2) is 52.9 Å². The molecule has 0 unspecified atom stereocenters. The van der Waals surface area contributed by atoms with E-state index in [0.29, 0.717) is 48.6 Å². The molecule has 5 rings (SSSR count). The van der Waals surface area contributed by atoms with Gasteiger partial charge in [0.05, 0.1) is 24.8 Å². The summed E-state index contributed by atoms with van der Waals surface area (Å²) in [5, 5.41) is 9.59. The summed E-state index contributed by atoms with van der Waals surface area (Å²) in [4.78, 5) is 44.0. The number of hydrogen-bond acceptors (Lipinski definition) is 4. The van der Waals surface area contributed by atoms with Crippen LogP contribution in [0.5, 0.6) is 5.75 Å². The van der Waals surface area contributed by atoms with Gasteiger partial charge in [-0.2, -0.15) is 0 Å². The van der Waals surface area contributed by atoms with Crippen molar-refractivity contribution in [1.29, 1.82) is 0 Å². The number of carboxylic acid groups (broad SMARTS) is 1. The Morgan fingerprint density at radius 1 is 0.596 bits per heavy atom. The second-order valence-electron chi connectivity index (χ2n) is 12.7. The zero-order valence-corrected chi connectivity index (χ0v) is 30.2. The van der Waals surface area contributed by atoms with E-state index < -0.39 is 12.0 Å². The number of benzene rings is 5. The van der Waals surface area contributed by atoms with Gasteiger partial charge >= 0.3 is 5.97 Å². The van der Waals surface area contributed by atoms with Crippen LogP contribution in [0.4, 0.5) is 0 Å². The van der Waals surface area contributed by atoms with E-state index in [-0.39, 0.29) is 37.2 Å². The van der Waals surface area contributed by atoms with Gasteiger partial charge in [-0.3, -0.25) is 14.4 Å². The first-order valence-corrected chi connectivity index (χ1v) is 18.1. The predicted octanol–water partition coefficient (Wildman–Crippen LogP) is 9.62. The minimum Gasteiger partial charge on any atom is -0.496 e. The van der Waals surface area contributed by atoms with Crippen molar-refractivity contribution in [2.24, 2.45) is 0 Å². The molecule has 0 fully saturated rings. The van der Waals surface area contributed by atoms with Crippen LogP contribution in [-0.2, 0) is 9.59 Å². The molecule has 0 bridgehead atoms. The van der Waals surface area contributed by atoms with Gasteiger partial charge in [0.25, 0.3) is 5.91 Å². The molecule has 0 radical (unpaired) electrons. The molecule has 8 heteroatoms. The van der Waals surface area contributed by atoms with Crippen LogP contribution in [0.2, 0.25) is 5.02 Å². The fourth-order valence-electron chi connectivity index (χ4n) is 6.67. The van der Waals surface area contributed by atoms with Crippen LogP contribution in [0.3, 0.4) is 0 Å². The number of rotatable bonds is 18. The Hall–Kier alpha value is -5.40. The summed E-state index contributed by atoms with van der Waals surface area (Å²) < 4.78 is 5.62. The number of unbranched alkanes of at least 4 members (excludes halogenated alkanes) is 2. The van der Waals surface area contributed by atoms with Gasteiger partial charge in [-0.25, -0.2) is 0 Å². The summed E-state index contributed by atoms with van der Waals surface area (Å²) in [6.07, 6.45) is 2.58. The van der Waals surface area contributed by atoms with Crippen molar-refractivity contribution in [3.63, 3.8) is 0 Å². The van der Waals surface area contributed by atoms with Crippen molar-refractivity contribution in [3.05, 3.63) is 172 Å². The Balaban J connectivity index is 1.47. The summed E-state index contributed by atoms with van der Waals surface area (Å²) in [5.41, 5.74) is 4.20. The summed E-state index contributed by atoms with van der Waals surface area (Å²) in [7, 11) is 1.53. The summed E-state index contributed by atoms with van der Waals surface area (Å²) >= 11 is 6.42. The summed E-state index contributed by atoms with van der Waals surface area (Å²) in [5.74, 6) is -0.706. The van der Waals surface area contributed by atoms with Crippen LogP contribution < -0.4 is 4.74 Å². The van der Waals surface area contributed by atoms with Crippen LogP contribution in [0.15, 0.2) is 140 Å². The molecule has 0 aliphatic carbocycles. The van der Waals surface area contributed by atoms with Crippen LogP contribution >= 0.6 is 11.6 Å². The van der Waals surface area contributed by atoms with E-state index in [9.17, 15) is 19.5 Å². The normalized spacial score (nSPS) is 11.0. The monoisotopic (exact) mass is 716 g/mol. The van der Waals surface area contributed by atoms with Gasteiger partial charge in [-0.15, -0.1) is 0 Å². The van der Waals surface area contributed by atoms with E-state index in [4.69, 9.17) is 16.3 Å². The lowest BCUT2D eigenvalue weighted by Gasteiger charge is -2.35. The molecular formula is C44H45ClN2O5. The smallest absolute Gasteiger partial charge is 0.303 e. The second-order valence-corrected chi connectivity index (χ2v) is 13.1. The average Bonchev–Trinajstić information content (AvgIpc) is 3.18. The lowest BCUT2D eigenvalue weighted by atomic mass is 9.95. The maximum atomic E-state index is 14.7. The minimum absolute atomic E-state index is 0.0420. The zero-order chi connectivity index (χ0) is 36.7. The third kappa shape index (κ3) is 10.1. The molecule has 0 aliphatic rings. The topological polar surface area (TPSA) is 87.2 Å². The van der Waals surface area contributed by atoms with Gasteiger partial charge in [-0.1, -0.05) is 139 Å². The first kappa shape index (κ1) is 37.8. The molecule has 7 nitrogen and oxygen atoms in total. The highest BCUT2D eigenvalue weighted by molar-refractivity contribution is 6.31. The Kier molecular flexibility index (Phi) is 14.0. The SMILES string of the molecule is COc1ccc(Cl)cc1C(=O)N(CCCC(=O)N(CCCCCC(=O)O)C(c1ccccc1)c1ccccc1)C(c1ccccc1)c1ccccc1. The lowest BCUT2D eigenvalue weighted by molar-refractivity contribution is -0.137. The molecule has 0 saturated carbocycles. The molecule has 0 saturated heterocycles. The Morgan fingerprint density at radius 3 is 1.52 bits per heavy atom. The van der Waals surface area contributed by atoms with Gasteiger partial charge in [0.15, 0.2) is 0 Å². The largest absolute Gasteiger partial charge is 0.496 e. The number of ether oxygens (including phenoxy) is 1. The number of carbonyl (C=O) groups is 3. The molecule has 0 spiro atoms. The number of methoxy groups -OCH3 is 1. The molecule has 0 atom stereocenters. The lowest BCUT2D eigenvalue weighted by Crippen LogP contribution is -2.39. The van der Waals surface area contributed by atoms with E-state index in [0.717, 1.165) is 22.3 Å². The maximum absolute atomic E-state index is 14.7. The van der Waals surface area contributed by atoms with Gasteiger partial charge in [0, 0.05) is 31.0 Å². The van der Waals surface area contributed by atoms with Crippen LogP contribution in [0.25, 0.3) is 0 Å². The van der Waals surface area contributed by atoms with Crippen molar-refractivity contribution < 1.29 is 24.2 Å². The maximum Gasteiger partial charge on any atom is 0.303 e. The van der Waals surface area contributed by atoms with Gasteiger partial charge < -0.3 is 19.6 Å². The summed E-state index contributed by atoms with van der Waals surface area (Å²) in [6, 6.07) is 43.9. The first-order chi connectivity index (χ1) is 25.4. The van der Waals surface area contributed by atoms with Crippen molar-refractivity contribution in [3.8, 4) is 5.75 Å². The molecule has 268 valence electrons. The standard InChI is InChI=1S/C44H45ClN2O5/c1-52-39-29-28-37(45)32-38(39)44(51)47(43(35-22-11-4-12-23-35)36-24-13-5-14-25-36)31-17-26-40(48)46(30-16-6-15-27-41(49)50)42(33-18-7-2-8-19-33)34-20-9-3-10-21-34/h2-5,7-14,18-25,28-29,32,42-43H,6,15-17,26-27,30-31H2,1H3,(H,49,50). The third-order valence-corrected chi connectivity index (χ3v) is 9.37. The van der Waals surface area contributed by atoms with E-state index >= 15 is 0 Å². The molecule has 1 N–H and O–H groups in total. The van der Waals surface area contributed by atoms with Gasteiger partial charge in [-0.05, 0) is 59.7 Å². The third-order valence-electron chi connectivity index (χ3n) is 9.14. The quantitative estimate of drug-likeness (QED) is 0.0913. The van der Waals surface area contributed by atoms with E-state index in [1.165, 1.54) is 7.11 Å². The Morgan fingerprint density at radius 2 is 1.06 bits per heavy atom. The van der Waals surface area contributed by atoms with Crippen molar-refractivity contribution in [2.75, 3.05) is 20.2 Å². The van der Waals surface area contributed by atoms with E-state index in [2.05, 4.69) is 0 Å². The summed E-state index contributed by atoms with van der Waals surface area (Å²) in [6.45, 7) is 0.744. The molecule has 0 heterocycles. The molecule has 5 aromatic carbocycles. The fourth-order valence-corrected chi connectivity index (χ4v) is 6.85. The molecular weight excluding hydrogens is 672 g/mol. The highest BCUT2D eigenvalue weighted by atomic mass is 35.5. The average molecular weight is 717 g/mol. The van der Waals surface area contributed by atoms with Crippen molar-refractivity contribution >= 4 is 29.4 Å². The highest BCUT2D eigenvalue weighted by Crippen LogP contribution is 2.34. The van der Waals surface area contributed by atoms with E-state index in [1.807, 2.05) is 131 Å². The molecule has 52 heavy (non-hydrogen) atoms. The number of amides is 2. The van der Waals surface area contributed by atoms with Gasteiger partial charge in [0.1, 0.15) is 5.75 Å². The highest BCUT2D eigenvalue weighted by Gasteiger charge is 2.31. The number of nitrogens with zero attached hydrogens (tertiary/aromatic N) is 2. The Labute approximate surface area is 311 Å². The molecule has 0 aliphatic heterocycles. The Bertz CT molecular complexity index is 1790. The number of halogens is 1. The van der Waals surface area contributed by atoms with Crippen LogP contribution in [0.1, 0.15) is 83.2 Å². The van der Waals surface area contributed by atoms with E-state index in [1.54, 1.807) is 18.2 Å². The number of hydrogen-bond donors (Lipinski definition) is 1. The molecule has 0 aromatic heterocycles. The number of carboxylic acids is 1. The fraction of sp³-hybridized carbons (Fsp3) is 0.250. The predicted molar refractivity (Wildman–Crippen MR) is 206 cm³/mol. The first-order valence-electron chi connectivity index (χ1n) is 17.7. The molecule has 2 amide bonds. The minimum atomic E-state index is -0.821. The zero-order valence-electron chi connectivity index (χ0n) is 29.4. The number of aliphatic carboxylic acids is 1. The number of carbonyl (C=O) groups excluding carboxylic acids is 2. The van der Waals surface area contributed by atoms with Crippen LogP contribution in [0, 0.1) is 0 Å². The van der Waals surface area contributed by atoms with Gasteiger partial charge in [0.2, 0.25) is 5.91 Å². The second kappa shape index (κ2) is 19.3.